The highest BCUT2D eigenvalue weighted by molar-refractivity contribution is 9.10. The van der Waals surface area contributed by atoms with Crippen LogP contribution in [0.5, 0.6) is 0 Å². The lowest BCUT2D eigenvalue weighted by atomic mass is 9.94. The summed E-state index contributed by atoms with van der Waals surface area (Å²) < 4.78 is 13.8. The van der Waals surface area contributed by atoms with Crippen molar-refractivity contribution in [2.24, 2.45) is 5.92 Å². The average Bonchev–Trinajstić information content (AvgIpc) is 2.37. The largest absolute Gasteiger partial charge is 0.393 e. The lowest BCUT2D eigenvalue weighted by molar-refractivity contribution is 0.0766. The maximum atomic E-state index is 13.3. The molecule has 2 unspecified atom stereocenters. The van der Waals surface area contributed by atoms with Gasteiger partial charge in [-0.25, -0.2) is 9.18 Å². The third-order valence-electron chi connectivity index (χ3n) is 3.54. The van der Waals surface area contributed by atoms with Gasteiger partial charge in [-0.3, -0.25) is 0 Å². The number of nitrogens with one attached hydrogen (secondary N) is 1. The number of likely N-dealkylation sites (tertiary alicyclic amines) is 1. The Hall–Kier alpha value is -1.14. The molecule has 2 amide bonds. The van der Waals surface area contributed by atoms with Crippen LogP contribution in [-0.2, 0) is 0 Å². The molecule has 0 bridgehead atoms. The summed E-state index contributed by atoms with van der Waals surface area (Å²) in [7, 11) is 0. The molecule has 1 aliphatic heterocycles. The van der Waals surface area contributed by atoms with Crippen molar-refractivity contribution in [2.75, 3.05) is 18.4 Å². The summed E-state index contributed by atoms with van der Waals surface area (Å²) in [4.78, 5) is 13.8. The van der Waals surface area contributed by atoms with Crippen LogP contribution >= 0.6 is 15.9 Å². The molecule has 2 N–H and O–H groups in total. The van der Waals surface area contributed by atoms with Gasteiger partial charge in [-0.15, -0.1) is 0 Å². The van der Waals surface area contributed by atoms with Crippen molar-refractivity contribution >= 4 is 27.6 Å². The van der Waals surface area contributed by atoms with E-state index >= 15 is 0 Å². The predicted octanol–water partition coefficient (Wildman–Crippen LogP) is 3.21. The van der Waals surface area contributed by atoms with Crippen LogP contribution in [0, 0.1) is 11.7 Å². The SMILES string of the molecule is CC(O)C1CCCN(C(=O)Nc2cc(F)cc(Br)c2)C1. The fourth-order valence-electron chi connectivity index (χ4n) is 2.42. The minimum Gasteiger partial charge on any atom is -0.393 e. The van der Waals surface area contributed by atoms with Gasteiger partial charge in [-0.2, -0.15) is 0 Å². The standard InChI is InChI=1S/C14H18BrFN2O2/c1-9(19)10-3-2-4-18(8-10)14(20)17-13-6-11(15)5-12(16)7-13/h5-7,9-10,19H,2-4,8H2,1H3,(H,17,20). The van der Waals surface area contributed by atoms with Crippen molar-refractivity contribution in [1.82, 2.24) is 4.90 Å². The van der Waals surface area contributed by atoms with E-state index in [0.29, 0.717) is 23.2 Å². The van der Waals surface area contributed by atoms with Gasteiger partial charge in [-0.1, -0.05) is 15.9 Å². The highest BCUT2D eigenvalue weighted by atomic mass is 79.9. The Kier molecular flexibility index (Phi) is 4.99. The number of rotatable bonds is 2. The quantitative estimate of drug-likeness (QED) is 0.865. The van der Waals surface area contributed by atoms with Gasteiger partial charge >= 0.3 is 6.03 Å². The zero-order valence-electron chi connectivity index (χ0n) is 11.3. The van der Waals surface area contributed by atoms with Gasteiger partial charge in [-0.05, 0) is 38.0 Å². The molecule has 1 fully saturated rings. The van der Waals surface area contributed by atoms with Gasteiger partial charge in [0, 0.05) is 29.2 Å². The highest BCUT2D eigenvalue weighted by Gasteiger charge is 2.26. The Balaban J connectivity index is 2.00. The number of halogens is 2. The Morgan fingerprint density at radius 3 is 2.95 bits per heavy atom. The number of nitrogens with zero attached hydrogens (tertiary/aromatic N) is 1. The minimum atomic E-state index is -0.422. The average molecular weight is 345 g/mol. The first-order chi connectivity index (χ1) is 9.45. The van der Waals surface area contributed by atoms with Crippen molar-refractivity contribution in [3.05, 3.63) is 28.5 Å². The molecule has 1 aliphatic rings. The van der Waals surface area contributed by atoms with Crippen LogP contribution < -0.4 is 5.32 Å². The maximum absolute atomic E-state index is 13.3. The van der Waals surface area contributed by atoms with E-state index in [0.717, 1.165) is 12.8 Å². The molecule has 0 aromatic heterocycles. The Labute approximate surface area is 126 Å². The van der Waals surface area contributed by atoms with Gasteiger partial charge in [0.25, 0.3) is 0 Å². The van der Waals surface area contributed by atoms with E-state index in [2.05, 4.69) is 21.2 Å². The molecule has 110 valence electrons. The van der Waals surface area contributed by atoms with E-state index in [1.807, 2.05) is 0 Å². The molecule has 1 aromatic carbocycles. The molecule has 1 aromatic rings. The summed E-state index contributed by atoms with van der Waals surface area (Å²) in [6.07, 6.45) is 1.37. The number of aliphatic hydroxyl groups excluding tert-OH is 1. The van der Waals surface area contributed by atoms with Crippen LogP contribution in [0.1, 0.15) is 19.8 Å². The van der Waals surface area contributed by atoms with Crippen molar-refractivity contribution in [3.63, 3.8) is 0 Å². The second-order valence-corrected chi connectivity index (χ2v) is 6.09. The van der Waals surface area contributed by atoms with Crippen molar-refractivity contribution in [1.29, 1.82) is 0 Å². The fraction of sp³-hybridized carbons (Fsp3) is 0.500. The monoisotopic (exact) mass is 344 g/mol. The molecule has 4 nitrogen and oxygen atoms in total. The number of hydrogen-bond acceptors (Lipinski definition) is 2. The third kappa shape index (κ3) is 3.93. The van der Waals surface area contributed by atoms with Crippen LogP contribution in [-0.4, -0.2) is 35.2 Å². The summed E-state index contributed by atoms with van der Waals surface area (Å²) in [5.74, 6) is -0.302. The Bertz CT molecular complexity index is 476. The zero-order chi connectivity index (χ0) is 14.7. The van der Waals surface area contributed by atoms with Gasteiger partial charge in [0.15, 0.2) is 0 Å². The van der Waals surface area contributed by atoms with Gasteiger partial charge in [0.05, 0.1) is 6.10 Å². The van der Waals surface area contributed by atoms with Crippen LogP contribution in [0.15, 0.2) is 22.7 Å². The Morgan fingerprint density at radius 1 is 1.55 bits per heavy atom. The van der Waals surface area contributed by atoms with Crippen molar-refractivity contribution < 1.29 is 14.3 Å². The number of piperidine rings is 1. The molecule has 0 aliphatic carbocycles. The maximum Gasteiger partial charge on any atom is 0.321 e. The first-order valence-electron chi connectivity index (χ1n) is 6.66. The summed E-state index contributed by atoms with van der Waals surface area (Å²) in [5, 5.41) is 12.3. The molecule has 1 saturated heterocycles. The predicted molar refractivity (Wildman–Crippen MR) is 79.1 cm³/mol. The number of amides is 2. The lowest BCUT2D eigenvalue weighted by Gasteiger charge is -2.34. The van der Waals surface area contributed by atoms with Crippen LogP contribution in [0.25, 0.3) is 0 Å². The van der Waals surface area contributed by atoms with E-state index in [1.54, 1.807) is 17.9 Å². The number of anilines is 1. The molecule has 2 rings (SSSR count). The second kappa shape index (κ2) is 6.54. The molecular weight excluding hydrogens is 327 g/mol. The number of aliphatic hydroxyl groups is 1. The number of carbonyl (C=O) groups is 1. The van der Waals surface area contributed by atoms with E-state index in [9.17, 15) is 14.3 Å². The number of benzene rings is 1. The van der Waals surface area contributed by atoms with E-state index in [1.165, 1.54) is 12.1 Å². The van der Waals surface area contributed by atoms with Crippen LogP contribution in [0.4, 0.5) is 14.9 Å². The van der Waals surface area contributed by atoms with E-state index in [4.69, 9.17) is 0 Å². The normalized spacial score (nSPS) is 20.6. The molecule has 1 heterocycles. The van der Waals surface area contributed by atoms with Gasteiger partial charge in [0.2, 0.25) is 0 Å². The van der Waals surface area contributed by atoms with Crippen molar-refractivity contribution in [3.8, 4) is 0 Å². The van der Waals surface area contributed by atoms with Crippen LogP contribution in [0.2, 0.25) is 0 Å². The molecule has 20 heavy (non-hydrogen) atoms. The molecule has 2 atom stereocenters. The first kappa shape index (κ1) is 15.3. The highest BCUT2D eigenvalue weighted by Crippen LogP contribution is 2.22. The minimum absolute atomic E-state index is 0.105. The number of urea groups is 1. The third-order valence-corrected chi connectivity index (χ3v) is 4.00. The molecule has 6 heteroatoms. The summed E-state index contributed by atoms with van der Waals surface area (Å²) >= 11 is 3.19. The van der Waals surface area contributed by atoms with Gasteiger partial charge in [0.1, 0.15) is 5.82 Å². The summed E-state index contributed by atoms with van der Waals surface area (Å²) in [6, 6.07) is 4.00. The fourth-order valence-corrected chi connectivity index (χ4v) is 2.88. The van der Waals surface area contributed by atoms with E-state index < -0.39 is 11.9 Å². The number of hydrogen-bond donors (Lipinski definition) is 2. The zero-order valence-corrected chi connectivity index (χ0v) is 12.9. The second-order valence-electron chi connectivity index (χ2n) is 5.18. The molecule has 0 spiro atoms. The Morgan fingerprint density at radius 2 is 2.30 bits per heavy atom. The van der Waals surface area contributed by atoms with Crippen molar-refractivity contribution in [2.45, 2.75) is 25.9 Å². The smallest absolute Gasteiger partial charge is 0.321 e. The summed E-state index contributed by atoms with van der Waals surface area (Å²) in [5.41, 5.74) is 0.418. The molecular formula is C14H18BrFN2O2. The summed E-state index contributed by atoms with van der Waals surface area (Å²) in [6.45, 7) is 2.93. The topological polar surface area (TPSA) is 52.6 Å². The lowest BCUT2D eigenvalue weighted by Crippen LogP contribution is -2.44. The first-order valence-corrected chi connectivity index (χ1v) is 7.45. The number of carbonyl (C=O) groups excluding carboxylic acids is 1. The van der Waals surface area contributed by atoms with Crippen LogP contribution in [0.3, 0.4) is 0 Å². The molecule has 0 radical (unpaired) electrons. The van der Waals surface area contributed by atoms with E-state index in [-0.39, 0.29) is 11.9 Å². The van der Waals surface area contributed by atoms with Gasteiger partial charge < -0.3 is 15.3 Å². The molecule has 0 saturated carbocycles.